The van der Waals surface area contributed by atoms with Gasteiger partial charge in [-0.15, -0.1) is 11.3 Å². The molecule has 0 spiro atoms. The molecule has 0 unspecified atom stereocenters. The van der Waals surface area contributed by atoms with Crippen LogP contribution < -0.4 is 5.32 Å². The van der Waals surface area contributed by atoms with Gasteiger partial charge in [-0.1, -0.05) is 19.3 Å². The summed E-state index contributed by atoms with van der Waals surface area (Å²) in [6.07, 6.45) is 6.72. The zero-order valence-electron chi connectivity index (χ0n) is 13.3. The summed E-state index contributed by atoms with van der Waals surface area (Å²) in [4.78, 5) is 16.6. The van der Waals surface area contributed by atoms with E-state index >= 15 is 0 Å². The number of rotatable bonds is 6. The van der Waals surface area contributed by atoms with Gasteiger partial charge in [0.25, 0.3) is 0 Å². The number of hydrogen-bond donors (Lipinski definition) is 1. The van der Waals surface area contributed by atoms with E-state index in [0.717, 1.165) is 23.3 Å². The fraction of sp³-hybridized carbons (Fsp3) is 0.750. The highest BCUT2D eigenvalue weighted by Crippen LogP contribution is 2.29. The first-order chi connectivity index (χ1) is 10.0. The van der Waals surface area contributed by atoms with Crippen LogP contribution in [0.15, 0.2) is 5.38 Å². The first-order valence-electron chi connectivity index (χ1n) is 7.91. The predicted molar refractivity (Wildman–Crippen MR) is 86.8 cm³/mol. The summed E-state index contributed by atoms with van der Waals surface area (Å²) in [6.45, 7) is 6.95. The zero-order valence-corrected chi connectivity index (χ0v) is 14.1. The van der Waals surface area contributed by atoms with Crippen molar-refractivity contribution in [2.24, 2.45) is 5.92 Å². The Hall–Kier alpha value is -1.10. The fourth-order valence-electron chi connectivity index (χ4n) is 2.68. The summed E-state index contributed by atoms with van der Waals surface area (Å²) in [6, 6.07) is 0. The minimum Gasteiger partial charge on any atom is -0.465 e. The molecule has 1 fully saturated rings. The van der Waals surface area contributed by atoms with E-state index in [1.54, 1.807) is 11.3 Å². The Morgan fingerprint density at radius 1 is 1.43 bits per heavy atom. The van der Waals surface area contributed by atoms with Gasteiger partial charge in [-0.2, -0.15) is 0 Å². The number of anilines is 1. The van der Waals surface area contributed by atoms with Crippen molar-refractivity contribution in [1.82, 2.24) is 4.98 Å². The number of nitrogens with one attached hydrogen (secondary N) is 1. The molecule has 1 aromatic heterocycles. The molecule has 0 radical (unpaired) electrons. The summed E-state index contributed by atoms with van der Waals surface area (Å²) in [7, 11) is 0. The Bertz CT molecular complexity index is 465. The predicted octanol–water partition coefficient (Wildman–Crippen LogP) is 3.98. The molecule has 4 nitrogen and oxygen atoms in total. The summed E-state index contributed by atoms with van der Waals surface area (Å²) < 4.78 is 5.13. The van der Waals surface area contributed by atoms with Gasteiger partial charge in [-0.05, 0) is 39.5 Å². The van der Waals surface area contributed by atoms with Crippen LogP contribution >= 0.6 is 11.3 Å². The molecular weight excluding hydrogens is 284 g/mol. The second-order valence-electron chi connectivity index (χ2n) is 6.27. The normalized spacial score (nSPS) is 16.7. The van der Waals surface area contributed by atoms with Gasteiger partial charge in [-0.25, -0.2) is 4.98 Å². The van der Waals surface area contributed by atoms with Crippen molar-refractivity contribution < 1.29 is 9.53 Å². The van der Waals surface area contributed by atoms with Gasteiger partial charge in [0, 0.05) is 11.9 Å². The van der Waals surface area contributed by atoms with E-state index < -0.39 is 5.41 Å². The molecule has 0 atom stereocenters. The van der Waals surface area contributed by atoms with Gasteiger partial charge >= 0.3 is 5.97 Å². The third-order valence-corrected chi connectivity index (χ3v) is 5.00. The van der Waals surface area contributed by atoms with Crippen molar-refractivity contribution in [3.8, 4) is 0 Å². The number of nitrogens with zero attached hydrogens (tertiary/aromatic N) is 1. The molecule has 21 heavy (non-hydrogen) atoms. The van der Waals surface area contributed by atoms with Gasteiger partial charge in [0.15, 0.2) is 5.13 Å². The average molecular weight is 310 g/mol. The first kappa shape index (κ1) is 16.3. The van der Waals surface area contributed by atoms with Crippen LogP contribution in [0.5, 0.6) is 0 Å². The minimum absolute atomic E-state index is 0.214. The molecule has 0 aliphatic heterocycles. The highest BCUT2D eigenvalue weighted by atomic mass is 32.1. The van der Waals surface area contributed by atoms with Crippen molar-refractivity contribution >= 4 is 22.4 Å². The third-order valence-electron chi connectivity index (χ3n) is 4.20. The number of thiazole rings is 1. The van der Waals surface area contributed by atoms with E-state index in [9.17, 15) is 4.79 Å². The lowest BCUT2D eigenvalue weighted by molar-refractivity contribution is -0.148. The summed E-state index contributed by atoms with van der Waals surface area (Å²) in [5, 5.41) is 6.30. The molecule has 1 aromatic rings. The SMILES string of the molecule is CCOC(=O)C(C)(C)c1csc(NCC2CCCCC2)n1. The van der Waals surface area contributed by atoms with Gasteiger partial charge in [-0.3, -0.25) is 4.79 Å². The van der Waals surface area contributed by atoms with Crippen molar-refractivity contribution in [1.29, 1.82) is 0 Å². The maximum atomic E-state index is 12.0. The summed E-state index contributed by atoms with van der Waals surface area (Å²) >= 11 is 1.57. The van der Waals surface area contributed by atoms with Gasteiger partial charge in [0.1, 0.15) is 5.41 Å². The molecule has 0 saturated heterocycles. The maximum absolute atomic E-state index is 12.0. The van der Waals surface area contributed by atoms with Crippen molar-refractivity contribution in [2.45, 2.75) is 58.3 Å². The summed E-state index contributed by atoms with van der Waals surface area (Å²) in [5.41, 5.74) is 0.106. The first-order valence-corrected chi connectivity index (χ1v) is 8.79. The van der Waals surface area contributed by atoms with Crippen LogP contribution in [0.1, 0.15) is 58.6 Å². The molecule has 2 rings (SSSR count). The van der Waals surface area contributed by atoms with E-state index in [1.165, 1.54) is 32.1 Å². The number of esters is 1. The number of ether oxygens (including phenoxy) is 1. The van der Waals surface area contributed by atoms with Gasteiger partial charge in [0.05, 0.1) is 12.3 Å². The second kappa shape index (κ2) is 7.25. The fourth-order valence-corrected chi connectivity index (χ4v) is 3.57. The van der Waals surface area contributed by atoms with Crippen molar-refractivity contribution in [3.63, 3.8) is 0 Å². The Morgan fingerprint density at radius 3 is 2.81 bits per heavy atom. The molecule has 5 heteroatoms. The molecule has 118 valence electrons. The van der Waals surface area contributed by atoms with Gasteiger partial charge in [0.2, 0.25) is 0 Å². The Balaban J connectivity index is 1.92. The lowest BCUT2D eigenvalue weighted by Gasteiger charge is -2.21. The maximum Gasteiger partial charge on any atom is 0.317 e. The van der Waals surface area contributed by atoms with Crippen LogP contribution in [0, 0.1) is 5.92 Å². The van der Waals surface area contributed by atoms with E-state index in [2.05, 4.69) is 10.3 Å². The summed E-state index contributed by atoms with van der Waals surface area (Å²) in [5.74, 6) is 0.554. The highest BCUT2D eigenvalue weighted by Gasteiger charge is 2.33. The van der Waals surface area contributed by atoms with Gasteiger partial charge < -0.3 is 10.1 Å². The van der Waals surface area contributed by atoms with Crippen molar-refractivity contribution in [2.75, 3.05) is 18.5 Å². The van der Waals surface area contributed by atoms with E-state index in [-0.39, 0.29) is 5.97 Å². The Kier molecular flexibility index (Phi) is 5.62. The lowest BCUT2D eigenvalue weighted by Crippen LogP contribution is -2.31. The van der Waals surface area contributed by atoms with Crippen LogP contribution in [-0.2, 0) is 14.9 Å². The number of hydrogen-bond acceptors (Lipinski definition) is 5. The standard InChI is InChI=1S/C16H26N2O2S/c1-4-20-14(19)16(2,3)13-11-21-15(18-13)17-10-12-8-6-5-7-9-12/h11-12H,4-10H2,1-3H3,(H,17,18). The second-order valence-corrected chi connectivity index (χ2v) is 7.13. The van der Waals surface area contributed by atoms with Crippen LogP contribution in [0.2, 0.25) is 0 Å². The van der Waals surface area contributed by atoms with E-state index in [0.29, 0.717) is 6.61 Å². The van der Waals surface area contributed by atoms with E-state index in [1.807, 2.05) is 26.2 Å². The van der Waals surface area contributed by atoms with Crippen LogP contribution in [0.4, 0.5) is 5.13 Å². The van der Waals surface area contributed by atoms with Crippen molar-refractivity contribution in [3.05, 3.63) is 11.1 Å². The monoisotopic (exact) mass is 310 g/mol. The third kappa shape index (κ3) is 4.19. The van der Waals surface area contributed by atoms with Crippen LogP contribution in [0.3, 0.4) is 0 Å². The molecule has 1 N–H and O–H groups in total. The zero-order chi connectivity index (χ0) is 15.3. The number of carbonyl (C=O) groups is 1. The molecule has 0 amide bonds. The molecule has 1 aliphatic rings. The average Bonchev–Trinajstić information content (AvgIpc) is 2.96. The van der Waals surface area contributed by atoms with Crippen LogP contribution in [-0.4, -0.2) is 24.1 Å². The largest absolute Gasteiger partial charge is 0.465 e. The topological polar surface area (TPSA) is 51.2 Å². The smallest absolute Gasteiger partial charge is 0.317 e. The Morgan fingerprint density at radius 2 is 2.14 bits per heavy atom. The minimum atomic E-state index is -0.683. The molecule has 0 aromatic carbocycles. The quantitative estimate of drug-likeness (QED) is 0.808. The molecular formula is C16H26N2O2S. The Labute approximate surface area is 131 Å². The molecule has 1 heterocycles. The molecule has 0 bridgehead atoms. The highest BCUT2D eigenvalue weighted by molar-refractivity contribution is 7.13. The van der Waals surface area contributed by atoms with E-state index in [4.69, 9.17) is 4.74 Å². The van der Waals surface area contributed by atoms with Crippen LogP contribution in [0.25, 0.3) is 0 Å². The molecule has 1 saturated carbocycles. The lowest BCUT2D eigenvalue weighted by atomic mass is 9.89. The molecule has 1 aliphatic carbocycles. The number of carbonyl (C=O) groups excluding carboxylic acids is 1. The number of aromatic nitrogens is 1.